The maximum atomic E-state index is 13.3. The molecule has 40 heavy (non-hydrogen) atoms. The number of carboxylic acid groups (broad SMARTS) is 1. The number of benzene rings is 1. The molecule has 0 aromatic heterocycles. The minimum absolute atomic E-state index is 0.00477. The van der Waals surface area contributed by atoms with Crippen molar-refractivity contribution < 1.29 is 30.0 Å². The molecule has 7 heteroatoms. The van der Waals surface area contributed by atoms with Crippen molar-refractivity contribution in [3.63, 3.8) is 0 Å². The molecule has 0 saturated heterocycles. The fourth-order valence-corrected chi connectivity index (χ4v) is 10.1. The van der Waals surface area contributed by atoms with Crippen LogP contribution in [0, 0.1) is 46.3 Å². The number of rotatable bonds is 8. The Bertz CT molecular complexity index is 1110. The van der Waals surface area contributed by atoms with Gasteiger partial charge in [-0.3, -0.25) is 9.59 Å². The lowest BCUT2D eigenvalue weighted by Gasteiger charge is -2.63. The van der Waals surface area contributed by atoms with Crippen LogP contribution in [0.15, 0.2) is 24.3 Å². The van der Waals surface area contributed by atoms with E-state index < -0.39 is 24.2 Å². The number of carboxylic acids is 1. The van der Waals surface area contributed by atoms with Crippen LogP contribution in [0.4, 0.5) is 0 Å². The van der Waals surface area contributed by atoms with Crippen LogP contribution in [0.25, 0.3) is 0 Å². The van der Waals surface area contributed by atoms with Crippen molar-refractivity contribution >= 4 is 11.8 Å². The van der Waals surface area contributed by atoms with Crippen molar-refractivity contribution in [2.75, 3.05) is 0 Å². The highest BCUT2D eigenvalue weighted by Crippen LogP contribution is 2.68. The zero-order valence-corrected chi connectivity index (χ0v) is 24.3. The first-order chi connectivity index (χ1) is 18.9. The van der Waals surface area contributed by atoms with E-state index >= 15 is 0 Å². The first-order valence-electron chi connectivity index (χ1n) is 15.5. The van der Waals surface area contributed by atoms with Crippen LogP contribution in [0.1, 0.15) is 94.5 Å². The molecule has 222 valence electrons. The molecule has 0 heterocycles. The van der Waals surface area contributed by atoms with Gasteiger partial charge in [0.15, 0.2) is 5.78 Å². The number of nitrogens with two attached hydrogens (primary N) is 1. The average molecular weight is 556 g/mol. The van der Waals surface area contributed by atoms with Crippen molar-refractivity contribution in [3.05, 3.63) is 35.4 Å². The van der Waals surface area contributed by atoms with Gasteiger partial charge in [-0.25, -0.2) is 0 Å². The van der Waals surface area contributed by atoms with E-state index in [1.807, 2.05) is 0 Å². The summed E-state index contributed by atoms with van der Waals surface area (Å²) < 4.78 is 0. The van der Waals surface area contributed by atoms with Gasteiger partial charge in [0.2, 0.25) is 0 Å². The zero-order valence-electron chi connectivity index (χ0n) is 24.3. The molecule has 1 aromatic carbocycles. The number of aliphatic hydroxyl groups excluding tert-OH is 3. The quantitative estimate of drug-likeness (QED) is 0.303. The fraction of sp³-hybridized carbons (Fsp3) is 0.758. The van der Waals surface area contributed by atoms with E-state index in [1.54, 1.807) is 24.3 Å². The minimum Gasteiger partial charge on any atom is -0.480 e. The predicted molar refractivity (Wildman–Crippen MR) is 152 cm³/mol. The number of hydrogen-bond acceptors (Lipinski definition) is 6. The maximum Gasteiger partial charge on any atom is 0.320 e. The van der Waals surface area contributed by atoms with Gasteiger partial charge in [-0.1, -0.05) is 45.0 Å². The molecule has 0 aliphatic heterocycles. The van der Waals surface area contributed by atoms with Crippen LogP contribution in [0.3, 0.4) is 0 Å². The summed E-state index contributed by atoms with van der Waals surface area (Å²) in [6.45, 7) is 6.79. The third-order valence-electron chi connectivity index (χ3n) is 12.4. The third kappa shape index (κ3) is 4.95. The van der Waals surface area contributed by atoms with Crippen LogP contribution < -0.4 is 5.73 Å². The Morgan fingerprint density at radius 1 is 1.02 bits per heavy atom. The highest BCUT2D eigenvalue weighted by molar-refractivity contribution is 5.97. The van der Waals surface area contributed by atoms with E-state index in [4.69, 9.17) is 5.73 Å². The van der Waals surface area contributed by atoms with Crippen molar-refractivity contribution in [1.82, 2.24) is 0 Å². The summed E-state index contributed by atoms with van der Waals surface area (Å²) in [7, 11) is 0. The third-order valence-corrected chi connectivity index (χ3v) is 12.4. The highest BCUT2D eigenvalue weighted by atomic mass is 16.4. The van der Waals surface area contributed by atoms with Gasteiger partial charge in [0.1, 0.15) is 6.04 Å². The number of Topliss-reactive ketones (excluding diaryl/α,β-unsaturated/α-hetero) is 1. The van der Waals surface area contributed by atoms with Gasteiger partial charge in [-0.05, 0) is 110 Å². The Hall–Kier alpha value is -1.80. The minimum atomic E-state index is -1.08. The number of aliphatic hydroxyl groups is 3. The van der Waals surface area contributed by atoms with Gasteiger partial charge >= 0.3 is 5.97 Å². The molecule has 1 aromatic rings. The monoisotopic (exact) mass is 555 g/mol. The van der Waals surface area contributed by atoms with Crippen LogP contribution in [-0.4, -0.2) is 56.5 Å². The predicted octanol–water partition coefficient (Wildman–Crippen LogP) is 4.20. The Morgan fingerprint density at radius 2 is 1.75 bits per heavy atom. The van der Waals surface area contributed by atoms with Crippen molar-refractivity contribution in [2.24, 2.45) is 52.1 Å². The van der Waals surface area contributed by atoms with Crippen LogP contribution in [0.5, 0.6) is 0 Å². The van der Waals surface area contributed by atoms with Gasteiger partial charge < -0.3 is 26.2 Å². The van der Waals surface area contributed by atoms with Gasteiger partial charge in [0.25, 0.3) is 0 Å². The molecule has 6 N–H and O–H groups in total. The van der Waals surface area contributed by atoms with Gasteiger partial charge in [0, 0.05) is 12.0 Å². The lowest BCUT2D eigenvalue weighted by Crippen LogP contribution is -2.62. The molecular weight excluding hydrogens is 506 g/mol. The van der Waals surface area contributed by atoms with E-state index in [2.05, 4.69) is 20.8 Å². The number of fused-ring (bicyclic) bond motifs is 5. The molecule has 0 spiro atoms. The topological polar surface area (TPSA) is 141 Å². The Kier molecular flexibility index (Phi) is 8.25. The molecule has 5 rings (SSSR count). The lowest BCUT2D eigenvalue weighted by molar-refractivity contribution is -0.207. The van der Waals surface area contributed by atoms with E-state index in [-0.39, 0.29) is 58.7 Å². The van der Waals surface area contributed by atoms with E-state index in [9.17, 15) is 30.0 Å². The normalized spacial score (nSPS) is 42.3. The summed E-state index contributed by atoms with van der Waals surface area (Å²) in [5.74, 6) is 0.420. The molecule has 4 fully saturated rings. The molecule has 0 amide bonds. The molecule has 4 aliphatic carbocycles. The van der Waals surface area contributed by atoms with Crippen molar-refractivity contribution in [1.29, 1.82) is 0 Å². The Morgan fingerprint density at radius 3 is 2.48 bits per heavy atom. The molecule has 0 radical (unpaired) electrons. The van der Waals surface area contributed by atoms with Gasteiger partial charge in [-0.2, -0.15) is 0 Å². The summed E-state index contributed by atoms with van der Waals surface area (Å²) in [5, 5.41) is 42.9. The maximum absolute atomic E-state index is 13.3. The zero-order chi connectivity index (χ0) is 29.0. The van der Waals surface area contributed by atoms with Gasteiger partial charge in [-0.15, -0.1) is 0 Å². The summed E-state index contributed by atoms with van der Waals surface area (Å²) in [6.07, 6.45) is 6.03. The SMILES string of the molecule is CC(CCC(=O)c1ccccc1CC(N)C(=O)O)C1CCC2C3C(O)CC4CC(O)CCC4(C)C3CC(O)C12C. The first kappa shape index (κ1) is 29.7. The smallest absolute Gasteiger partial charge is 0.320 e. The number of carbonyl (C=O) groups is 2. The summed E-state index contributed by atoms with van der Waals surface area (Å²) in [4.78, 5) is 24.6. The number of aliphatic carboxylic acids is 1. The summed E-state index contributed by atoms with van der Waals surface area (Å²) in [6, 6.07) is 6.10. The molecular formula is C33H49NO6. The Labute approximate surface area is 238 Å². The van der Waals surface area contributed by atoms with Crippen LogP contribution >= 0.6 is 0 Å². The first-order valence-corrected chi connectivity index (χ1v) is 15.5. The van der Waals surface area contributed by atoms with Crippen molar-refractivity contribution in [2.45, 2.75) is 109 Å². The second-order valence-electron chi connectivity index (χ2n) is 14.3. The average Bonchev–Trinajstić information content (AvgIpc) is 3.27. The molecule has 4 aliphatic rings. The molecule has 12 unspecified atom stereocenters. The molecule has 12 atom stereocenters. The number of hydrogen-bond donors (Lipinski definition) is 5. The largest absolute Gasteiger partial charge is 0.480 e. The fourth-order valence-electron chi connectivity index (χ4n) is 10.1. The highest BCUT2D eigenvalue weighted by Gasteiger charge is 2.65. The standard InChI is InChI=1S/C33H49NO6/c1-18(8-11-27(36)22-7-5-4-6-19(22)14-26(34)31(39)40)23-9-10-24-30-25(17-29(38)33(23,24)3)32(2)13-12-21(35)15-20(32)16-28(30)37/h4-7,18,20-21,23-26,28-30,35,37-38H,8-17,34H2,1-3H3,(H,39,40). The molecule has 7 nitrogen and oxygen atoms in total. The van der Waals surface area contributed by atoms with Gasteiger partial charge in [0.05, 0.1) is 18.3 Å². The van der Waals surface area contributed by atoms with E-state index in [1.165, 1.54) is 0 Å². The van der Waals surface area contributed by atoms with E-state index in [0.29, 0.717) is 36.3 Å². The summed E-state index contributed by atoms with van der Waals surface area (Å²) in [5.41, 5.74) is 6.73. The van der Waals surface area contributed by atoms with Crippen molar-refractivity contribution in [3.8, 4) is 0 Å². The Balaban J connectivity index is 1.29. The van der Waals surface area contributed by atoms with Crippen LogP contribution in [0.2, 0.25) is 0 Å². The second kappa shape index (κ2) is 11.1. The number of ketones is 1. The number of carbonyl (C=O) groups excluding carboxylic acids is 1. The lowest BCUT2D eigenvalue weighted by atomic mass is 9.43. The molecule has 4 saturated carbocycles. The van der Waals surface area contributed by atoms with Crippen LogP contribution in [-0.2, 0) is 11.2 Å². The molecule has 0 bridgehead atoms. The second-order valence-corrected chi connectivity index (χ2v) is 14.3. The van der Waals surface area contributed by atoms with E-state index in [0.717, 1.165) is 38.5 Å². The summed E-state index contributed by atoms with van der Waals surface area (Å²) >= 11 is 0.